The lowest BCUT2D eigenvalue weighted by atomic mass is 10.1. The number of anilines is 1. The van der Waals surface area contributed by atoms with Gasteiger partial charge in [0.1, 0.15) is 4.88 Å². The van der Waals surface area contributed by atoms with Crippen LogP contribution in [-0.2, 0) is 6.54 Å². The van der Waals surface area contributed by atoms with Crippen molar-refractivity contribution in [1.82, 2.24) is 4.90 Å². The summed E-state index contributed by atoms with van der Waals surface area (Å²) < 4.78 is 1.07. The van der Waals surface area contributed by atoms with E-state index in [0.29, 0.717) is 17.1 Å². The number of hydrogen-bond donors (Lipinski definition) is 1. The fourth-order valence-corrected chi connectivity index (χ4v) is 4.16. The molecule has 0 aliphatic rings. The normalized spacial score (nSPS) is 11.0. The Hall–Kier alpha value is -1.85. The summed E-state index contributed by atoms with van der Waals surface area (Å²) in [6.07, 6.45) is 0. The number of nitrogens with zero attached hydrogens (tertiary/aromatic N) is 1. The molecular formula is C16H16N2OS2. The van der Waals surface area contributed by atoms with E-state index in [4.69, 9.17) is 5.73 Å². The summed E-state index contributed by atoms with van der Waals surface area (Å²) in [6, 6.07) is 8.12. The Kier molecular flexibility index (Phi) is 3.69. The fraction of sp³-hybridized carbons (Fsp3) is 0.188. The van der Waals surface area contributed by atoms with Crippen LogP contribution in [0.4, 0.5) is 5.69 Å². The van der Waals surface area contributed by atoms with Crippen molar-refractivity contribution in [3.05, 3.63) is 51.0 Å². The van der Waals surface area contributed by atoms with Crippen LogP contribution >= 0.6 is 22.7 Å². The first-order valence-electron chi connectivity index (χ1n) is 6.61. The topological polar surface area (TPSA) is 46.3 Å². The Morgan fingerprint density at radius 3 is 2.86 bits per heavy atom. The van der Waals surface area contributed by atoms with Crippen molar-refractivity contribution in [2.75, 3.05) is 12.8 Å². The Labute approximate surface area is 131 Å². The third kappa shape index (κ3) is 2.66. The second-order valence-electron chi connectivity index (χ2n) is 5.14. The van der Waals surface area contributed by atoms with Crippen molar-refractivity contribution in [1.29, 1.82) is 0 Å². The maximum atomic E-state index is 12.6. The highest BCUT2D eigenvalue weighted by molar-refractivity contribution is 7.21. The lowest BCUT2D eigenvalue weighted by Crippen LogP contribution is -2.25. The van der Waals surface area contributed by atoms with Gasteiger partial charge >= 0.3 is 0 Å². The first-order chi connectivity index (χ1) is 10.1. The largest absolute Gasteiger partial charge is 0.397 e. The Bertz CT molecular complexity index is 790. The van der Waals surface area contributed by atoms with Crippen molar-refractivity contribution in [3.63, 3.8) is 0 Å². The van der Waals surface area contributed by atoms with Crippen LogP contribution in [0.3, 0.4) is 0 Å². The van der Waals surface area contributed by atoms with Gasteiger partial charge in [-0.3, -0.25) is 4.79 Å². The van der Waals surface area contributed by atoms with Gasteiger partial charge in [0.05, 0.1) is 5.69 Å². The molecule has 1 aromatic carbocycles. The molecule has 5 heteroatoms. The van der Waals surface area contributed by atoms with Crippen molar-refractivity contribution < 1.29 is 4.79 Å². The third-order valence-corrected chi connectivity index (χ3v) is 5.31. The third-order valence-electron chi connectivity index (χ3n) is 3.42. The average Bonchev–Trinajstić information content (AvgIpc) is 3.06. The van der Waals surface area contributed by atoms with Gasteiger partial charge in [-0.15, -0.1) is 11.3 Å². The van der Waals surface area contributed by atoms with Gasteiger partial charge in [0.2, 0.25) is 0 Å². The number of nitrogen functional groups attached to an aromatic ring is 1. The standard InChI is InChI=1S/C16H16N2OS2/c1-10-3-4-12-13(7-10)21-15(14(12)17)16(19)18(2)8-11-5-6-20-9-11/h3-7,9H,8,17H2,1-2H3. The molecule has 3 nitrogen and oxygen atoms in total. The van der Waals surface area contributed by atoms with E-state index in [0.717, 1.165) is 15.6 Å². The first kappa shape index (κ1) is 14.1. The van der Waals surface area contributed by atoms with Gasteiger partial charge in [-0.25, -0.2) is 0 Å². The summed E-state index contributed by atoms with van der Waals surface area (Å²) in [5.74, 6) is -0.0162. The molecule has 1 amide bonds. The molecule has 0 radical (unpaired) electrons. The highest BCUT2D eigenvalue weighted by Gasteiger charge is 2.20. The lowest BCUT2D eigenvalue weighted by molar-refractivity contribution is 0.0791. The monoisotopic (exact) mass is 316 g/mol. The number of amides is 1. The van der Waals surface area contributed by atoms with E-state index < -0.39 is 0 Å². The van der Waals surface area contributed by atoms with Crippen LogP contribution < -0.4 is 5.73 Å². The van der Waals surface area contributed by atoms with Gasteiger partial charge in [0, 0.05) is 23.7 Å². The second kappa shape index (κ2) is 5.50. The molecule has 3 aromatic rings. The number of fused-ring (bicyclic) bond motifs is 1. The van der Waals surface area contributed by atoms with Gasteiger partial charge < -0.3 is 10.6 Å². The fourth-order valence-electron chi connectivity index (χ4n) is 2.28. The van der Waals surface area contributed by atoms with Gasteiger partial charge in [0.15, 0.2) is 0 Å². The van der Waals surface area contributed by atoms with Gasteiger partial charge in [-0.2, -0.15) is 11.3 Å². The average molecular weight is 316 g/mol. The maximum Gasteiger partial charge on any atom is 0.266 e. The quantitative estimate of drug-likeness (QED) is 0.790. The molecule has 0 aliphatic heterocycles. The molecule has 2 N–H and O–H groups in total. The zero-order chi connectivity index (χ0) is 15.0. The van der Waals surface area contributed by atoms with E-state index in [1.54, 1.807) is 16.2 Å². The molecular weight excluding hydrogens is 300 g/mol. The van der Waals surface area contributed by atoms with E-state index in [-0.39, 0.29) is 5.91 Å². The van der Waals surface area contributed by atoms with Crippen LogP contribution in [0.1, 0.15) is 20.8 Å². The van der Waals surface area contributed by atoms with E-state index in [1.807, 2.05) is 37.6 Å². The van der Waals surface area contributed by atoms with Crippen molar-refractivity contribution >= 4 is 44.4 Å². The van der Waals surface area contributed by atoms with Gasteiger partial charge in [-0.05, 0) is 40.9 Å². The highest BCUT2D eigenvalue weighted by atomic mass is 32.1. The molecule has 0 fully saturated rings. The minimum absolute atomic E-state index is 0.0162. The number of carbonyl (C=O) groups is 1. The summed E-state index contributed by atoms with van der Waals surface area (Å²) in [5, 5.41) is 5.05. The molecule has 108 valence electrons. The smallest absolute Gasteiger partial charge is 0.266 e. The molecule has 0 saturated heterocycles. The molecule has 0 spiro atoms. The minimum atomic E-state index is -0.0162. The van der Waals surface area contributed by atoms with Crippen LogP contribution in [0.25, 0.3) is 10.1 Å². The van der Waals surface area contributed by atoms with Crippen molar-refractivity contribution in [3.8, 4) is 0 Å². The van der Waals surface area contributed by atoms with Crippen LogP contribution in [-0.4, -0.2) is 17.9 Å². The Morgan fingerprint density at radius 2 is 2.14 bits per heavy atom. The number of carbonyl (C=O) groups excluding carboxylic acids is 1. The zero-order valence-electron chi connectivity index (χ0n) is 11.9. The molecule has 3 rings (SSSR count). The van der Waals surface area contributed by atoms with Crippen molar-refractivity contribution in [2.45, 2.75) is 13.5 Å². The summed E-state index contributed by atoms with van der Waals surface area (Å²) in [5.41, 5.74) is 9.08. The second-order valence-corrected chi connectivity index (χ2v) is 6.97. The molecule has 2 heterocycles. The van der Waals surface area contributed by atoms with Crippen LogP contribution in [0, 0.1) is 6.92 Å². The van der Waals surface area contributed by atoms with Gasteiger partial charge in [-0.1, -0.05) is 12.1 Å². The molecule has 0 saturated carbocycles. The molecule has 0 bridgehead atoms. The van der Waals surface area contributed by atoms with Crippen LogP contribution in [0.2, 0.25) is 0 Å². The summed E-state index contributed by atoms with van der Waals surface area (Å²) >= 11 is 3.11. The summed E-state index contributed by atoms with van der Waals surface area (Å²) in [4.78, 5) is 15.0. The van der Waals surface area contributed by atoms with Crippen molar-refractivity contribution in [2.24, 2.45) is 0 Å². The number of rotatable bonds is 3. The number of thiophene rings is 2. The van der Waals surface area contributed by atoms with E-state index in [2.05, 4.69) is 11.4 Å². The van der Waals surface area contributed by atoms with E-state index in [1.165, 1.54) is 16.9 Å². The number of benzene rings is 1. The molecule has 21 heavy (non-hydrogen) atoms. The van der Waals surface area contributed by atoms with Crippen LogP contribution in [0.15, 0.2) is 35.0 Å². The molecule has 0 atom stereocenters. The summed E-state index contributed by atoms with van der Waals surface area (Å²) in [7, 11) is 1.81. The minimum Gasteiger partial charge on any atom is -0.397 e. The number of hydrogen-bond acceptors (Lipinski definition) is 4. The zero-order valence-corrected chi connectivity index (χ0v) is 13.6. The predicted molar refractivity (Wildman–Crippen MR) is 91.1 cm³/mol. The first-order valence-corrected chi connectivity index (χ1v) is 8.37. The maximum absolute atomic E-state index is 12.6. The SMILES string of the molecule is Cc1ccc2c(N)c(C(=O)N(C)Cc3ccsc3)sc2c1. The number of aryl methyl sites for hydroxylation is 1. The Balaban J connectivity index is 1.92. The lowest BCUT2D eigenvalue weighted by Gasteiger charge is -2.15. The molecule has 2 aromatic heterocycles. The number of nitrogens with two attached hydrogens (primary N) is 1. The van der Waals surface area contributed by atoms with E-state index >= 15 is 0 Å². The molecule has 0 aliphatic carbocycles. The highest BCUT2D eigenvalue weighted by Crippen LogP contribution is 2.35. The summed E-state index contributed by atoms with van der Waals surface area (Å²) in [6.45, 7) is 2.65. The van der Waals surface area contributed by atoms with Gasteiger partial charge in [0.25, 0.3) is 5.91 Å². The Morgan fingerprint density at radius 1 is 1.33 bits per heavy atom. The predicted octanol–water partition coefficient (Wildman–Crippen LogP) is 4.13. The van der Waals surface area contributed by atoms with E-state index in [9.17, 15) is 4.79 Å². The van der Waals surface area contributed by atoms with Crippen LogP contribution in [0.5, 0.6) is 0 Å². The molecule has 0 unspecified atom stereocenters.